The molecule has 3 aromatic carbocycles. The van der Waals surface area contributed by atoms with Crippen LogP contribution in [0.4, 0.5) is 0 Å². The van der Waals surface area contributed by atoms with Gasteiger partial charge in [0, 0.05) is 18.7 Å². The van der Waals surface area contributed by atoms with E-state index in [9.17, 15) is 9.90 Å². The largest absolute Gasteiger partial charge is 0.497 e. The summed E-state index contributed by atoms with van der Waals surface area (Å²) in [6.45, 7) is 2.86. The molecule has 0 saturated heterocycles. The number of aryl methyl sites for hydroxylation is 1. The third-order valence-corrected chi connectivity index (χ3v) is 5.29. The smallest absolute Gasteiger partial charge is 0.251 e. The van der Waals surface area contributed by atoms with Gasteiger partial charge in [0.1, 0.15) is 5.75 Å². The van der Waals surface area contributed by atoms with Crippen LogP contribution >= 0.6 is 0 Å². The zero-order valence-corrected chi connectivity index (χ0v) is 18.0. The molecule has 2 atom stereocenters. The van der Waals surface area contributed by atoms with Crippen molar-refractivity contribution in [3.05, 3.63) is 101 Å². The van der Waals surface area contributed by atoms with Crippen molar-refractivity contribution >= 4 is 5.91 Å². The van der Waals surface area contributed by atoms with Gasteiger partial charge < -0.3 is 20.5 Å². The van der Waals surface area contributed by atoms with Gasteiger partial charge in [-0.05, 0) is 48.2 Å². The van der Waals surface area contributed by atoms with Crippen molar-refractivity contribution in [2.45, 2.75) is 32.0 Å². The van der Waals surface area contributed by atoms with Crippen LogP contribution in [-0.4, -0.2) is 36.8 Å². The number of aliphatic hydroxyl groups excluding tert-OH is 1. The molecular formula is C26H30N2O3. The van der Waals surface area contributed by atoms with Gasteiger partial charge in [0.2, 0.25) is 0 Å². The van der Waals surface area contributed by atoms with Crippen LogP contribution in [0.25, 0.3) is 0 Å². The third kappa shape index (κ3) is 6.67. The molecule has 3 aromatic rings. The van der Waals surface area contributed by atoms with Crippen molar-refractivity contribution in [2.24, 2.45) is 0 Å². The average Bonchev–Trinajstić information content (AvgIpc) is 2.79. The molecule has 0 aromatic heterocycles. The quantitative estimate of drug-likeness (QED) is 0.471. The number of nitrogens with one attached hydrogen (secondary N) is 2. The Morgan fingerprint density at radius 2 is 1.68 bits per heavy atom. The number of amides is 1. The second-order valence-electron chi connectivity index (χ2n) is 7.63. The minimum Gasteiger partial charge on any atom is -0.497 e. The number of hydrogen-bond donors (Lipinski definition) is 3. The Labute approximate surface area is 184 Å². The summed E-state index contributed by atoms with van der Waals surface area (Å²) in [6, 6.07) is 24.7. The molecule has 0 bridgehead atoms. The second kappa shape index (κ2) is 11.3. The lowest BCUT2D eigenvalue weighted by molar-refractivity contribution is 0.0829. The van der Waals surface area contributed by atoms with E-state index in [1.165, 1.54) is 0 Å². The topological polar surface area (TPSA) is 70.6 Å². The highest BCUT2D eigenvalue weighted by molar-refractivity contribution is 5.95. The van der Waals surface area contributed by atoms with Crippen molar-refractivity contribution < 1.29 is 14.6 Å². The number of hydrogen-bond acceptors (Lipinski definition) is 4. The number of methoxy groups -OCH3 is 1. The van der Waals surface area contributed by atoms with Gasteiger partial charge in [-0.1, -0.05) is 60.7 Å². The molecule has 162 valence electrons. The van der Waals surface area contributed by atoms with Gasteiger partial charge in [-0.25, -0.2) is 0 Å². The first kappa shape index (κ1) is 22.5. The molecule has 3 rings (SSSR count). The van der Waals surface area contributed by atoms with Crippen LogP contribution in [-0.2, 0) is 13.0 Å². The zero-order valence-electron chi connectivity index (χ0n) is 18.0. The van der Waals surface area contributed by atoms with Crippen LogP contribution in [0.2, 0.25) is 0 Å². The summed E-state index contributed by atoms with van der Waals surface area (Å²) in [5, 5.41) is 17.2. The number of carbonyl (C=O) groups excluding carboxylic acids is 1. The Morgan fingerprint density at radius 3 is 2.42 bits per heavy atom. The predicted molar refractivity (Wildman–Crippen MR) is 123 cm³/mol. The fraction of sp³-hybridized carbons (Fsp3) is 0.269. The van der Waals surface area contributed by atoms with Gasteiger partial charge >= 0.3 is 0 Å². The monoisotopic (exact) mass is 418 g/mol. The number of ether oxygens (including phenoxy) is 1. The SMILES string of the molecule is COc1cccc(CNC[C@@H](O)[C@H](Cc2ccccc2)NC(=O)c2ccccc2C)c1. The normalized spacial score (nSPS) is 12.7. The molecule has 0 radical (unpaired) electrons. The third-order valence-electron chi connectivity index (χ3n) is 5.29. The van der Waals surface area contributed by atoms with Crippen LogP contribution in [0.5, 0.6) is 5.75 Å². The fourth-order valence-corrected chi connectivity index (χ4v) is 3.51. The summed E-state index contributed by atoms with van der Waals surface area (Å²) in [7, 11) is 1.64. The number of aliphatic hydroxyl groups is 1. The average molecular weight is 419 g/mol. The maximum absolute atomic E-state index is 12.9. The molecule has 5 heteroatoms. The van der Waals surface area contributed by atoms with E-state index in [0.29, 0.717) is 25.1 Å². The lowest BCUT2D eigenvalue weighted by atomic mass is 9.99. The van der Waals surface area contributed by atoms with E-state index in [0.717, 1.165) is 22.4 Å². The van der Waals surface area contributed by atoms with E-state index in [1.54, 1.807) is 13.2 Å². The maximum Gasteiger partial charge on any atom is 0.251 e. The van der Waals surface area contributed by atoms with Crippen molar-refractivity contribution in [3.8, 4) is 5.75 Å². The highest BCUT2D eigenvalue weighted by Gasteiger charge is 2.23. The first-order chi connectivity index (χ1) is 15.1. The van der Waals surface area contributed by atoms with E-state index in [-0.39, 0.29) is 5.91 Å². The Balaban J connectivity index is 1.66. The molecular weight excluding hydrogens is 388 g/mol. The molecule has 0 heterocycles. The first-order valence-electron chi connectivity index (χ1n) is 10.5. The Hall–Kier alpha value is -3.15. The molecule has 1 amide bonds. The number of benzene rings is 3. The molecule has 0 aliphatic heterocycles. The summed E-state index contributed by atoms with van der Waals surface area (Å²) in [6.07, 6.45) is -0.209. The maximum atomic E-state index is 12.9. The van der Waals surface area contributed by atoms with E-state index in [2.05, 4.69) is 10.6 Å². The van der Waals surface area contributed by atoms with E-state index in [4.69, 9.17) is 4.74 Å². The van der Waals surface area contributed by atoms with Gasteiger partial charge in [0.15, 0.2) is 0 Å². The summed E-state index contributed by atoms with van der Waals surface area (Å²) in [5.41, 5.74) is 3.65. The summed E-state index contributed by atoms with van der Waals surface area (Å²) in [5.74, 6) is 0.623. The second-order valence-corrected chi connectivity index (χ2v) is 7.63. The van der Waals surface area contributed by atoms with Gasteiger partial charge in [-0.15, -0.1) is 0 Å². The van der Waals surface area contributed by atoms with Crippen LogP contribution in [0.1, 0.15) is 27.0 Å². The standard InChI is InChI=1S/C26H30N2O3/c1-19-9-6-7-14-23(19)26(30)28-24(16-20-10-4-3-5-11-20)25(29)18-27-17-21-12-8-13-22(15-21)31-2/h3-15,24-25,27,29H,16-18H2,1-2H3,(H,28,30)/t24-,25+/m0/s1. The molecule has 0 spiro atoms. The summed E-state index contributed by atoms with van der Waals surface area (Å²) < 4.78 is 5.26. The van der Waals surface area contributed by atoms with Crippen molar-refractivity contribution in [1.29, 1.82) is 0 Å². The van der Waals surface area contributed by atoms with E-state index in [1.807, 2.05) is 79.7 Å². The van der Waals surface area contributed by atoms with Gasteiger partial charge in [0.25, 0.3) is 5.91 Å². The van der Waals surface area contributed by atoms with Gasteiger partial charge in [0.05, 0.1) is 19.3 Å². The summed E-state index contributed by atoms with van der Waals surface area (Å²) >= 11 is 0. The molecule has 0 aliphatic carbocycles. The van der Waals surface area contributed by atoms with Crippen molar-refractivity contribution in [1.82, 2.24) is 10.6 Å². The highest BCUT2D eigenvalue weighted by Crippen LogP contribution is 2.13. The molecule has 0 fully saturated rings. The minimum atomic E-state index is -0.751. The van der Waals surface area contributed by atoms with Crippen molar-refractivity contribution in [3.63, 3.8) is 0 Å². The van der Waals surface area contributed by atoms with E-state index >= 15 is 0 Å². The van der Waals surface area contributed by atoms with Crippen LogP contribution in [0, 0.1) is 6.92 Å². The minimum absolute atomic E-state index is 0.175. The molecule has 5 nitrogen and oxygen atoms in total. The lowest BCUT2D eigenvalue weighted by Crippen LogP contribution is -2.48. The van der Waals surface area contributed by atoms with Gasteiger partial charge in [-0.3, -0.25) is 4.79 Å². The van der Waals surface area contributed by atoms with Crippen molar-refractivity contribution in [2.75, 3.05) is 13.7 Å². The number of rotatable bonds is 10. The molecule has 0 aliphatic rings. The zero-order chi connectivity index (χ0) is 22.1. The predicted octanol–water partition coefficient (Wildman–Crippen LogP) is 3.50. The van der Waals surface area contributed by atoms with E-state index < -0.39 is 12.1 Å². The first-order valence-corrected chi connectivity index (χ1v) is 10.5. The molecule has 0 saturated carbocycles. The Morgan fingerprint density at radius 1 is 0.968 bits per heavy atom. The fourth-order valence-electron chi connectivity index (χ4n) is 3.51. The molecule has 31 heavy (non-hydrogen) atoms. The van der Waals surface area contributed by atoms with Crippen LogP contribution < -0.4 is 15.4 Å². The van der Waals surface area contributed by atoms with Gasteiger partial charge in [-0.2, -0.15) is 0 Å². The van der Waals surface area contributed by atoms with Crippen LogP contribution in [0.3, 0.4) is 0 Å². The highest BCUT2D eigenvalue weighted by atomic mass is 16.5. The Kier molecular flexibility index (Phi) is 8.21. The number of carbonyl (C=O) groups is 1. The molecule has 3 N–H and O–H groups in total. The summed E-state index contributed by atoms with van der Waals surface area (Å²) in [4.78, 5) is 12.9. The Bertz CT molecular complexity index is 975. The molecule has 0 unspecified atom stereocenters. The van der Waals surface area contributed by atoms with Crippen LogP contribution in [0.15, 0.2) is 78.9 Å². The lowest BCUT2D eigenvalue weighted by Gasteiger charge is -2.25.